The number of terminal acetylenes is 1. The van der Waals surface area contributed by atoms with Gasteiger partial charge in [-0.05, 0) is 0 Å². The molecule has 2 aromatic rings. The summed E-state index contributed by atoms with van der Waals surface area (Å²) in [5.74, 6) is 2.93. The minimum absolute atomic E-state index is 0.190. The highest BCUT2D eigenvalue weighted by Gasteiger charge is 2.38. The van der Waals surface area contributed by atoms with E-state index < -0.39 is 17.1 Å². The van der Waals surface area contributed by atoms with E-state index in [1.165, 1.54) is 18.8 Å². The van der Waals surface area contributed by atoms with Gasteiger partial charge in [0.2, 0.25) is 0 Å². The molecule has 0 bridgehead atoms. The van der Waals surface area contributed by atoms with Crippen LogP contribution in [0.2, 0.25) is 0 Å². The largest absolute Gasteiger partial charge is 0.493 e. The van der Waals surface area contributed by atoms with Crippen LogP contribution < -0.4 is 20.3 Å². The molecule has 1 aromatic carbocycles. The summed E-state index contributed by atoms with van der Waals surface area (Å²) in [5, 5.41) is 10.8. The number of nitrogens with zero attached hydrogens (tertiary/aromatic N) is 4. The SMILES string of the molecule is C#CCCC1(CCNC(=O)c2nc3cc(OC)c(OC)cc3n(C)c2=O)N=N1. The molecule has 1 N–H and O–H groups in total. The number of nitrogens with one attached hydrogen (secondary N) is 1. The van der Waals surface area contributed by atoms with E-state index in [0.717, 1.165) is 0 Å². The van der Waals surface area contributed by atoms with Crippen LogP contribution in [0, 0.1) is 12.3 Å². The molecule has 1 amide bonds. The Bertz CT molecular complexity index is 1040. The molecule has 2 heterocycles. The topological polar surface area (TPSA) is 107 Å². The molecule has 0 radical (unpaired) electrons. The summed E-state index contributed by atoms with van der Waals surface area (Å²) in [5.41, 5.74) is -0.207. The van der Waals surface area contributed by atoms with E-state index in [1.807, 2.05) is 0 Å². The maximum absolute atomic E-state index is 12.6. The first-order valence-electron chi connectivity index (χ1n) is 8.73. The zero-order valence-corrected chi connectivity index (χ0v) is 16.0. The number of ether oxygens (including phenoxy) is 2. The number of aromatic nitrogens is 2. The molecule has 146 valence electrons. The Morgan fingerprint density at radius 1 is 1.25 bits per heavy atom. The number of amides is 1. The van der Waals surface area contributed by atoms with Gasteiger partial charge >= 0.3 is 0 Å². The molecule has 0 unspecified atom stereocenters. The first kappa shape index (κ1) is 19.4. The lowest BCUT2D eigenvalue weighted by atomic mass is 10.0. The first-order chi connectivity index (χ1) is 13.4. The molecule has 0 aliphatic carbocycles. The van der Waals surface area contributed by atoms with Crippen molar-refractivity contribution in [1.82, 2.24) is 14.9 Å². The van der Waals surface area contributed by atoms with Crippen molar-refractivity contribution < 1.29 is 14.3 Å². The fourth-order valence-corrected chi connectivity index (χ4v) is 2.93. The van der Waals surface area contributed by atoms with Crippen LogP contribution in [0.15, 0.2) is 27.2 Å². The van der Waals surface area contributed by atoms with Gasteiger partial charge in [-0.15, -0.1) is 12.3 Å². The molecule has 0 fully saturated rings. The van der Waals surface area contributed by atoms with E-state index in [2.05, 4.69) is 26.4 Å². The van der Waals surface area contributed by atoms with Gasteiger partial charge in [0.25, 0.3) is 11.5 Å². The number of hydrogen-bond acceptors (Lipinski definition) is 7. The smallest absolute Gasteiger partial charge is 0.282 e. The first-order valence-corrected chi connectivity index (χ1v) is 8.73. The normalized spacial score (nSPS) is 13.8. The fourth-order valence-electron chi connectivity index (χ4n) is 2.93. The van der Waals surface area contributed by atoms with Gasteiger partial charge in [-0.3, -0.25) is 9.59 Å². The Morgan fingerprint density at radius 3 is 2.54 bits per heavy atom. The third-order valence-corrected chi connectivity index (χ3v) is 4.66. The number of methoxy groups -OCH3 is 2. The summed E-state index contributed by atoms with van der Waals surface area (Å²) in [6.45, 7) is 0.311. The molecule has 3 rings (SSSR count). The third kappa shape index (κ3) is 3.67. The van der Waals surface area contributed by atoms with Crippen molar-refractivity contribution in [1.29, 1.82) is 0 Å². The second-order valence-electron chi connectivity index (χ2n) is 6.41. The third-order valence-electron chi connectivity index (χ3n) is 4.66. The van der Waals surface area contributed by atoms with E-state index in [0.29, 0.717) is 48.3 Å². The minimum Gasteiger partial charge on any atom is -0.493 e. The molecular formula is C19H21N5O4. The Labute approximate surface area is 161 Å². The molecule has 28 heavy (non-hydrogen) atoms. The zero-order chi connectivity index (χ0) is 20.3. The maximum Gasteiger partial charge on any atom is 0.282 e. The van der Waals surface area contributed by atoms with E-state index in [-0.39, 0.29) is 5.69 Å². The highest BCUT2D eigenvalue weighted by Crippen LogP contribution is 2.36. The van der Waals surface area contributed by atoms with Gasteiger partial charge in [-0.1, -0.05) is 0 Å². The van der Waals surface area contributed by atoms with Crippen LogP contribution in [0.3, 0.4) is 0 Å². The number of benzene rings is 1. The maximum atomic E-state index is 12.6. The van der Waals surface area contributed by atoms with Crippen LogP contribution in [-0.4, -0.2) is 41.9 Å². The summed E-state index contributed by atoms with van der Waals surface area (Å²) in [7, 11) is 4.58. The number of aryl methyl sites for hydroxylation is 1. The number of hydrogen-bond donors (Lipinski definition) is 1. The molecule has 0 atom stereocenters. The predicted molar refractivity (Wildman–Crippen MR) is 103 cm³/mol. The van der Waals surface area contributed by atoms with Crippen LogP contribution in [0.25, 0.3) is 11.0 Å². The second kappa shape index (κ2) is 7.68. The number of carbonyl (C=O) groups is 1. The average molecular weight is 383 g/mol. The van der Waals surface area contributed by atoms with E-state index in [4.69, 9.17) is 15.9 Å². The van der Waals surface area contributed by atoms with Crippen molar-refractivity contribution in [2.75, 3.05) is 20.8 Å². The predicted octanol–water partition coefficient (Wildman–Crippen LogP) is 1.65. The van der Waals surface area contributed by atoms with Crippen molar-refractivity contribution in [2.24, 2.45) is 17.3 Å². The highest BCUT2D eigenvalue weighted by molar-refractivity contribution is 5.94. The van der Waals surface area contributed by atoms with Gasteiger partial charge < -0.3 is 19.4 Å². The van der Waals surface area contributed by atoms with Gasteiger partial charge in [-0.2, -0.15) is 10.2 Å². The number of carbonyl (C=O) groups excluding carboxylic acids is 1. The molecule has 0 saturated heterocycles. The molecular weight excluding hydrogens is 362 g/mol. The molecule has 9 nitrogen and oxygen atoms in total. The van der Waals surface area contributed by atoms with E-state index >= 15 is 0 Å². The average Bonchev–Trinajstić information content (AvgIpc) is 3.48. The minimum atomic E-state index is -0.551. The summed E-state index contributed by atoms with van der Waals surface area (Å²) >= 11 is 0. The van der Waals surface area contributed by atoms with Crippen molar-refractivity contribution in [3.8, 4) is 23.8 Å². The number of rotatable bonds is 8. The van der Waals surface area contributed by atoms with Gasteiger partial charge in [0, 0.05) is 45.0 Å². The Morgan fingerprint density at radius 2 is 1.93 bits per heavy atom. The molecule has 9 heteroatoms. The number of fused-ring (bicyclic) bond motifs is 1. The van der Waals surface area contributed by atoms with Gasteiger partial charge in [0.1, 0.15) is 0 Å². The Balaban J connectivity index is 1.80. The van der Waals surface area contributed by atoms with Crippen LogP contribution >= 0.6 is 0 Å². The Hall–Kier alpha value is -3.41. The van der Waals surface area contributed by atoms with Crippen molar-refractivity contribution in [3.63, 3.8) is 0 Å². The molecule has 1 aliphatic rings. The summed E-state index contributed by atoms with van der Waals surface area (Å²) in [4.78, 5) is 29.4. The van der Waals surface area contributed by atoms with Crippen LogP contribution in [0.1, 0.15) is 29.8 Å². The van der Waals surface area contributed by atoms with Crippen molar-refractivity contribution in [3.05, 3.63) is 28.2 Å². The lowest BCUT2D eigenvalue weighted by Gasteiger charge is -2.13. The molecule has 0 saturated carbocycles. The summed E-state index contributed by atoms with van der Waals surface area (Å²) < 4.78 is 11.9. The standard InChI is InChI=1S/C19H21N5O4/c1-5-6-7-19(22-23-19)8-9-20-17(25)16-18(26)24(2)13-11-15(28-4)14(27-3)10-12(13)21-16/h1,10-11H,6-9H2,2-4H3,(H,20,25). The molecule has 1 aromatic heterocycles. The fraction of sp³-hybridized carbons (Fsp3) is 0.421. The molecule has 0 spiro atoms. The van der Waals surface area contributed by atoms with Crippen molar-refractivity contribution >= 4 is 16.9 Å². The summed E-state index contributed by atoms with van der Waals surface area (Å²) in [6, 6.07) is 3.27. The van der Waals surface area contributed by atoms with Crippen LogP contribution in [0.4, 0.5) is 0 Å². The quantitative estimate of drug-likeness (QED) is 0.698. The van der Waals surface area contributed by atoms with E-state index in [1.54, 1.807) is 19.2 Å². The Kier molecular flexibility index (Phi) is 5.31. The van der Waals surface area contributed by atoms with Crippen LogP contribution in [-0.2, 0) is 7.05 Å². The molecule has 1 aliphatic heterocycles. The van der Waals surface area contributed by atoms with Crippen LogP contribution in [0.5, 0.6) is 11.5 Å². The lowest BCUT2D eigenvalue weighted by molar-refractivity contribution is 0.0945. The monoisotopic (exact) mass is 383 g/mol. The lowest BCUT2D eigenvalue weighted by Crippen LogP contribution is -2.35. The highest BCUT2D eigenvalue weighted by atomic mass is 16.5. The van der Waals surface area contributed by atoms with E-state index in [9.17, 15) is 9.59 Å². The van der Waals surface area contributed by atoms with Gasteiger partial charge in [0.05, 0.1) is 25.3 Å². The zero-order valence-electron chi connectivity index (χ0n) is 16.0. The van der Waals surface area contributed by atoms with Gasteiger partial charge in [-0.25, -0.2) is 4.98 Å². The van der Waals surface area contributed by atoms with Gasteiger partial charge in [0.15, 0.2) is 22.9 Å². The summed E-state index contributed by atoms with van der Waals surface area (Å²) in [6.07, 6.45) is 7.01. The van der Waals surface area contributed by atoms with Crippen molar-refractivity contribution in [2.45, 2.75) is 24.9 Å². The second-order valence-corrected chi connectivity index (χ2v) is 6.41.